The van der Waals surface area contributed by atoms with Crippen LogP contribution in [0.1, 0.15) is 20.3 Å². The summed E-state index contributed by atoms with van der Waals surface area (Å²) >= 11 is 9.36. The van der Waals surface area contributed by atoms with E-state index in [0.717, 1.165) is 10.2 Å². The van der Waals surface area contributed by atoms with E-state index in [1.807, 2.05) is 19.1 Å². The third-order valence-electron chi connectivity index (χ3n) is 2.26. The van der Waals surface area contributed by atoms with Gasteiger partial charge in [-0.1, -0.05) is 24.6 Å². The van der Waals surface area contributed by atoms with Gasteiger partial charge in [-0.05, 0) is 41.4 Å². The van der Waals surface area contributed by atoms with E-state index in [0.29, 0.717) is 18.1 Å². The van der Waals surface area contributed by atoms with Gasteiger partial charge in [-0.3, -0.25) is 0 Å². The molecule has 1 aromatic carbocycles. The molecule has 0 aliphatic carbocycles. The van der Waals surface area contributed by atoms with Gasteiger partial charge in [0.2, 0.25) is 0 Å². The molecule has 3 nitrogen and oxygen atoms in total. The van der Waals surface area contributed by atoms with Crippen LogP contribution >= 0.6 is 27.5 Å². The number of hydrogen-bond donors (Lipinski definition) is 1. The summed E-state index contributed by atoms with van der Waals surface area (Å²) in [4.78, 5) is 11.6. The zero-order valence-corrected chi connectivity index (χ0v) is 12.1. The van der Waals surface area contributed by atoms with E-state index < -0.39 is 0 Å². The Kier molecular flexibility index (Phi) is 5.78. The van der Waals surface area contributed by atoms with Gasteiger partial charge in [0.05, 0.1) is 21.8 Å². The molecule has 0 bridgehead atoms. The zero-order valence-electron chi connectivity index (χ0n) is 9.80. The monoisotopic (exact) mass is 319 g/mol. The van der Waals surface area contributed by atoms with E-state index in [-0.39, 0.29) is 12.0 Å². The van der Waals surface area contributed by atoms with Crippen LogP contribution in [0.25, 0.3) is 0 Å². The molecule has 1 atom stereocenters. The van der Waals surface area contributed by atoms with Crippen LogP contribution in [0.2, 0.25) is 5.02 Å². The number of esters is 1. The minimum absolute atomic E-state index is 0.248. The van der Waals surface area contributed by atoms with E-state index in [2.05, 4.69) is 21.2 Å². The summed E-state index contributed by atoms with van der Waals surface area (Å²) in [6.07, 6.45) is 0.651. The number of halogens is 2. The van der Waals surface area contributed by atoms with Crippen molar-refractivity contribution in [2.24, 2.45) is 0 Å². The van der Waals surface area contributed by atoms with Gasteiger partial charge in [-0.15, -0.1) is 0 Å². The maximum atomic E-state index is 11.6. The Morgan fingerprint density at radius 2 is 2.24 bits per heavy atom. The molecule has 1 unspecified atom stereocenters. The molecular formula is C12H15BrClNO2. The predicted octanol–water partition coefficient (Wildman–Crippen LogP) is 3.86. The van der Waals surface area contributed by atoms with Crippen molar-refractivity contribution in [2.45, 2.75) is 26.3 Å². The second-order valence-corrected chi connectivity index (χ2v) is 4.66. The van der Waals surface area contributed by atoms with E-state index in [9.17, 15) is 4.79 Å². The molecule has 94 valence electrons. The molecule has 5 heteroatoms. The first-order valence-electron chi connectivity index (χ1n) is 5.47. The largest absolute Gasteiger partial charge is 0.464 e. The lowest BCUT2D eigenvalue weighted by Gasteiger charge is -2.17. The molecule has 0 spiro atoms. The summed E-state index contributed by atoms with van der Waals surface area (Å²) in [5, 5.41) is 3.72. The quantitative estimate of drug-likeness (QED) is 0.837. The standard InChI is InChI=1S/C12H15BrClNO2/c1-3-9(12(16)17-4-2)15-10-7-5-6-8(14)11(10)13/h5-7,9,15H,3-4H2,1-2H3. The van der Waals surface area contributed by atoms with Crippen molar-refractivity contribution < 1.29 is 9.53 Å². The summed E-state index contributed by atoms with van der Waals surface area (Å²) in [6, 6.07) is 5.11. The number of anilines is 1. The SMILES string of the molecule is CCOC(=O)C(CC)Nc1cccc(Cl)c1Br. The highest BCUT2D eigenvalue weighted by Crippen LogP contribution is 2.30. The van der Waals surface area contributed by atoms with Crippen molar-refractivity contribution in [3.63, 3.8) is 0 Å². The van der Waals surface area contributed by atoms with Gasteiger partial charge in [0, 0.05) is 0 Å². The number of ether oxygens (including phenoxy) is 1. The fraction of sp³-hybridized carbons (Fsp3) is 0.417. The maximum absolute atomic E-state index is 11.6. The molecule has 1 rings (SSSR count). The minimum atomic E-state index is -0.357. The Morgan fingerprint density at radius 3 is 2.82 bits per heavy atom. The van der Waals surface area contributed by atoms with Gasteiger partial charge in [-0.25, -0.2) is 4.79 Å². The summed E-state index contributed by atoms with van der Waals surface area (Å²) < 4.78 is 5.74. The zero-order chi connectivity index (χ0) is 12.8. The first-order chi connectivity index (χ1) is 8.10. The van der Waals surface area contributed by atoms with Crippen molar-refractivity contribution in [2.75, 3.05) is 11.9 Å². The highest BCUT2D eigenvalue weighted by molar-refractivity contribution is 9.10. The van der Waals surface area contributed by atoms with Crippen LogP contribution < -0.4 is 5.32 Å². The fourth-order valence-electron chi connectivity index (χ4n) is 1.37. The Hall–Kier alpha value is -0.740. The number of rotatable bonds is 5. The van der Waals surface area contributed by atoms with Gasteiger partial charge >= 0.3 is 5.97 Å². The molecule has 0 aliphatic heterocycles. The van der Waals surface area contributed by atoms with Gasteiger partial charge in [-0.2, -0.15) is 0 Å². The Balaban J connectivity index is 2.80. The molecule has 17 heavy (non-hydrogen) atoms. The van der Waals surface area contributed by atoms with Crippen molar-refractivity contribution in [3.8, 4) is 0 Å². The second kappa shape index (κ2) is 6.87. The molecule has 0 saturated heterocycles. The third kappa shape index (κ3) is 3.89. The Bertz CT molecular complexity index is 398. The molecule has 1 N–H and O–H groups in total. The first kappa shape index (κ1) is 14.3. The van der Waals surface area contributed by atoms with Crippen molar-refractivity contribution in [3.05, 3.63) is 27.7 Å². The topological polar surface area (TPSA) is 38.3 Å². The van der Waals surface area contributed by atoms with Gasteiger partial charge < -0.3 is 10.1 Å². The highest BCUT2D eigenvalue weighted by Gasteiger charge is 2.18. The number of benzene rings is 1. The summed E-state index contributed by atoms with van der Waals surface area (Å²) in [5.41, 5.74) is 0.789. The van der Waals surface area contributed by atoms with E-state index >= 15 is 0 Å². The van der Waals surface area contributed by atoms with Crippen molar-refractivity contribution >= 4 is 39.2 Å². The number of hydrogen-bond acceptors (Lipinski definition) is 3. The Morgan fingerprint density at radius 1 is 1.53 bits per heavy atom. The number of nitrogens with one attached hydrogen (secondary N) is 1. The highest BCUT2D eigenvalue weighted by atomic mass is 79.9. The van der Waals surface area contributed by atoms with E-state index in [4.69, 9.17) is 16.3 Å². The van der Waals surface area contributed by atoms with Crippen LogP contribution in [0.4, 0.5) is 5.69 Å². The lowest BCUT2D eigenvalue weighted by atomic mass is 10.2. The summed E-state index contributed by atoms with van der Waals surface area (Å²) in [7, 11) is 0. The van der Waals surface area contributed by atoms with Gasteiger partial charge in [0.1, 0.15) is 6.04 Å². The molecule has 0 aromatic heterocycles. The van der Waals surface area contributed by atoms with Crippen LogP contribution in [-0.4, -0.2) is 18.6 Å². The average Bonchev–Trinajstić information content (AvgIpc) is 2.31. The van der Waals surface area contributed by atoms with Crippen LogP contribution in [0.3, 0.4) is 0 Å². The summed E-state index contributed by atoms with van der Waals surface area (Å²) in [6.45, 7) is 4.10. The second-order valence-electron chi connectivity index (χ2n) is 3.46. The van der Waals surface area contributed by atoms with Crippen LogP contribution in [0, 0.1) is 0 Å². The number of carbonyl (C=O) groups excluding carboxylic acids is 1. The molecule has 0 saturated carbocycles. The first-order valence-corrected chi connectivity index (χ1v) is 6.64. The van der Waals surface area contributed by atoms with Crippen LogP contribution in [0.5, 0.6) is 0 Å². The lowest BCUT2D eigenvalue weighted by Crippen LogP contribution is -2.30. The smallest absolute Gasteiger partial charge is 0.328 e. The summed E-state index contributed by atoms with van der Waals surface area (Å²) in [5.74, 6) is -0.248. The molecule has 0 amide bonds. The average molecular weight is 321 g/mol. The molecule has 0 aliphatic rings. The van der Waals surface area contributed by atoms with Crippen molar-refractivity contribution in [1.82, 2.24) is 0 Å². The van der Waals surface area contributed by atoms with Gasteiger partial charge in [0.25, 0.3) is 0 Å². The Labute approximate surface area is 115 Å². The maximum Gasteiger partial charge on any atom is 0.328 e. The van der Waals surface area contributed by atoms with E-state index in [1.54, 1.807) is 13.0 Å². The number of carbonyl (C=O) groups is 1. The molecule has 1 aromatic rings. The lowest BCUT2D eigenvalue weighted by molar-refractivity contribution is -0.144. The fourth-order valence-corrected chi connectivity index (χ4v) is 1.93. The van der Waals surface area contributed by atoms with Crippen LogP contribution in [-0.2, 0) is 9.53 Å². The predicted molar refractivity (Wildman–Crippen MR) is 73.5 cm³/mol. The van der Waals surface area contributed by atoms with Gasteiger partial charge in [0.15, 0.2) is 0 Å². The van der Waals surface area contributed by atoms with Crippen LogP contribution in [0.15, 0.2) is 22.7 Å². The molecule has 0 radical (unpaired) electrons. The molecule has 0 heterocycles. The molecular weight excluding hydrogens is 305 g/mol. The minimum Gasteiger partial charge on any atom is -0.464 e. The van der Waals surface area contributed by atoms with Crippen molar-refractivity contribution in [1.29, 1.82) is 0 Å². The molecule has 0 fully saturated rings. The van der Waals surface area contributed by atoms with E-state index in [1.165, 1.54) is 0 Å². The normalized spacial score (nSPS) is 12.0. The third-order valence-corrected chi connectivity index (χ3v) is 3.66.